The molecule has 1 atom stereocenters. The van der Waals surface area contributed by atoms with E-state index < -0.39 is 0 Å². The van der Waals surface area contributed by atoms with E-state index in [4.69, 9.17) is 11.6 Å². The Kier molecular flexibility index (Phi) is 9.69. The highest BCUT2D eigenvalue weighted by Gasteiger charge is 2.05. The lowest BCUT2D eigenvalue weighted by Crippen LogP contribution is -1.98. The van der Waals surface area contributed by atoms with E-state index in [0.29, 0.717) is 18.2 Å². The Labute approximate surface area is 101 Å². The van der Waals surface area contributed by atoms with Crippen molar-refractivity contribution in [3.8, 4) is 0 Å². The second-order valence-corrected chi connectivity index (χ2v) is 5.94. The first kappa shape index (κ1) is 13.7. The van der Waals surface area contributed by atoms with Crippen molar-refractivity contribution in [1.82, 2.24) is 0 Å². The minimum Gasteiger partial charge on any atom is -0.303 e. The second kappa shape index (κ2) is 9.22. The highest BCUT2D eigenvalue weighted by atomic mass is 79.9. The van der Waals surface area contributed by atoms with Crippen LogP contribution >= 0.6 is 43.5 Å². The molecule has 1 unspecified atom stereocenters. The van der Waals surface area contributed by atoms with Crippen molar-refractivity contribution in [2.45, 2.75) is 25.7 Å². The predicted molar refractivity (Wildman–Crippen MR) is 64.7 cm³/mol. The fourth-order valence-corrected chi connectivity index (χ4v) is 2.01. The number of alkyl halides is 1. The van der Waals surface area contributed by atoms with E-state index >= 15 is 0 Å². The summed E-state index contributed by atoms with van der Waals surface area (Å²) >= 11 is 12.2. The van der Waals surface area contributed by atoms with Crippen LogP contribution < -0.4 is 0 Å². The molecule has 0 bridgehead atoms. The first-order chi connectivity index (χ1) is 6.20. The van der Waals surface area contributed by atoms with Gasteiger partial charge in [0.2, 0.25) is 0 Å². The number of carbonyl (C=O) groups excluding carboxylic acids is 1. The molecule has 0 rings (SSSR count). The Morgan fingerprint density at radius 3 is 2.54 bits per heavy atom. The lowest BCUT2D eigenvalue weighted by molar-refractivity contribution is -0.108. The highest BCUT2D eigenvalue weighted by molar-refractivity contribution is 9.28. The monoisotopic (exact) mass is 330 g/mol. The topological polar surface area (TPSA) is 17.1 Å². The molecule has 0 radical (unpaired) electrons. The molecule has 0 saturated carbocycles. The first-order valence-electron chi connectivity index (χ1n) is 4.23. The van der Waals surface area contributed by atoms with Gasteiger partial charge in [-0.25, -0.2) is 0 Å². The van der Waals surface area contributed by atoms with E-state index in [2.05, 4.69) is 37.9 Å². The molecular weight excluding hydrogens is 319 g/mol. The Hall–Kier alpha value is 0.660. The summed E-state index contributed by atoms with van der Waals surface area (Å²) in [6.45, 7) is 0. The van der Waals surface area contributed by atoms with Crippen LogP contribution in [0.25, 0.3) is 0 Å². The Morgan fingerprint density at radius 2 is 2.08 bits per heavy atom. The molecule has 0 aliphatic rings. The molecule has 0 amide bonds. The summed E-state index contributed by atoms with van der Waals surface area (Å²) in [5.74, 6) is 1.13. The van der Waals surface area contributed by atoms with E-state index in [9.17, 15) is 4.79 Å². The van der Waals surface area contributed by atoms with Crippen LogP contribution in [0.2, 0.25) is 0 Å². The average Bonchev–Trinajstić information content (AvgIpc) is 2.09. The zero-order valence-corrected chi connectivity index (χ0v) is 11.2. The van der Waals surface area contributed by atoms with Crippen molar-refractivity contribution in [2.24, 2.45) is 5.92 Å². The molecule has 0 aromatic rings. The Morgan fingerprint density at radius 1 is 1.38 bits per heavy atom. The molecule has 0 aromatic heterocycles. The van der Waals surface area contributed by atoms with Crippen LogP contribution in [0, 0.1) is 5.92 Å². The van der Waals surface area contributed by atoms with Crippen molar-refractivity contribution >= 4 is 49.7 Å². The maximum Gasteiger partial charge on any atom is 0.120 e. The number of aldehydes is 1. The number of allylic oxidation sites excluding steroid dienone is 1. The van der Waals surface area contributed by atoms with Gasteiger partial charge in [0.1, 0.15) is 6.29 Å². The van der Waals surface area contributed by atoms with Crippen LogP contribution in [0.3, 0.4) is 0 Å². The van der Waals surface area contributed by atoms with E-state index in [0.717, 1.165) is 28.9 Å². The standard InChI is InChI=1S/C9H13Br2ClO/c10-9(11)7-8(3-1-5-12)4-2-6-13/h6-8H,1-5H2. The van der Waals surface area contributed by atoms with Gasteiger partial charge in [0, 0.05) is 12.3 Å². The van der Waals surface area contributed by atoms with Gasteiger partial charge in [-0.3, -0.25) is 0 Å². The second-order valence-electron chi connectivity index (χ2n) is 2.79. The van der Waals surface area contributed by atoms with Gasteiger partial charge in [0.15, 0.2) is 0 Å². The number of carbonyl (C=O) groups is 1. The van der Waals surface area contributed by atoms with Crippen molar-refractivity contribution in [2.75, 3.05) is 5.88 Å². The van der Waals surface area contributed by atoms with E-state index in [-0.39, 0.29) is 0 Å². The van der Waals surface area contributed by atoms with Crippen LogP contribution in [0.4, 0.5) is 0 Å². The molecule has 0 aromatic carbocycles. The Balaban J connectivity index is 3.87. The summed E-state index contributed by atoms with van der Waals surface area (Å²) < 4.78 is 0.950. The van der Waals surface area contributed by atoms with Crippen molar-refractivity contribution in [3.63, 3.8) is 0 Å². The average molecular weight is 332 g/mol. The van der Waals surface area contributed by atoms with Crippen LogP contribution in [-0.4, -0.2) is 12.2 Å². The zero-order chi connectivity index (χ0) is 10.1. The molecule has 0 saturated heterocycles. The fourth-order valence-electron chi connectivity index (χ4n) is 1.11. The molecule has 0 aliphatic carbocycles. The molecule has 0 heterocycles. The quantitative estimate of drug-likeness (QED) is 0.504. The van der Waals surface area contributed by atoms with Gasteiger partial charge in [-0.2, -0.15) is 0 Å². The molecule has 0 fully saturated rings. The van der Waals surface area contributed by atoms with Crippen molar-refractivity contribution < 1.29 is 4.79 Å². The van der Waals surface area contributed by atoms with Gasteiger partial charge in [-0.1, -0.05) is 6.08 Å². The summed E-state index contributed by atoms with van der Waals surface area (Å²) in [7, 11) is 0. The lowest BCUT2D eigenvalue weighted by atomic mass is 9.99. The molecule has 0 aliphatic heterocycles. The summed E-state index contributed by atoms with van der Waals surface area (Å²) in [6.07, 6.45) is 6.60. The predicted octanol–water partition coefficient (Wildman–Crippen LogP) is 4.23. The number of hydrogen-bond donors (Lipinski definition) is 0. The summed E-state index contributed by atoms with van der Waals surface area (Å²) in [5, 5.41) is 0. The number of hydrogen-bond acceptors (Lipinski definition) is 1. The molecule has 13 heavy (non-hydrogen) atoms. The van der Waals surface area contributed by atoms with Crippen LogP contribution in [0.5, 0.6) is 0 Å². The van der Waals surface area contributed by atoms with Crippen LogP contribution in [0.1, 0.15) is 25.7 Å². The third-order valence-corrected chi connectivity index (χ3v) is 2.52. The highest BCUT2D eigenvalue weighted by Crippen LogP contribution is 2.22. The third-order valence-electron chi connectivity index (χ3n) is 1.73. The van der Waals surface area contributed by atoms with E-state index in [1.165, 1.54) is 0 Å². The SMILES string of the molecule is O=CCCC(C=C(Br)Br)CCCCl. The van der Waals surface area contributed by atoms with Gasteiger partial charge in [0.25, 0.3) is 0 Å². The smallest absolute Gasteiger partial charge is 0.120 e. The van der Waals surface area contributed by atoms with Gasteiger partial charge in [0.05, 0.1) is 3.39 Å². The van der Waals surface area contributed by atoms with Crippen molar-refractivity contribution in [3.05, 3.63) is 9.47 Å². The van der Waals surface area contributed by atoms with Gasteiger partial charge in [-0.15, -0.1) is 11.6 Å². The fraction of sp³-hybridized carbons (Fsp3) is 0.667. The molecule has 0 spiro atoms. The number of halogens is 3. The minimum atomic E-state index is 0.442. The van der Waals surface area contributed by atoms with Gasteiger partial charge in [-0.05, 0) is 57.0 Å². The largest absolute Gasteiger partial charge is 0.303 e. The summed E-state index contributed by atoms with van der Waals surface area (Å²) in [5.41, 5.74) is 0. The third kappa shape index (κ3) is 8.98. The number of rotatable bonds is 7. The van der Waals surface area contributed by atoms with Crippen molar-refractivity contribution in [1.29, 1.82) is 0 Å². The molecular formula is C9H13Br2ClO. The van der Waals surface area contributed by atoms with Crippen LogP contribution in [-0.2, 0) is 4.79 Å². The van der Waals surface area contributed by atoms with Crippen LogP contribution in [0.15, 0.2) is 9.47 Å². The summed E-state index contributed by atoms with van der Waals surface area (Å²) in [4.78, 5) is 10.2. The van der Waals surface area contributed by atoms with Gasteiger partial charge < -0.3 is 4.79 Å². The molecule has 76 valence electrons. The Bertz CT molecular complexity index is 167. The normalized spacial score (nSPS) is 12.2. The van der Waals surface area contributed by atoms with E-state index in [1.807, 2.05) is 0 Å². The van der Waals surface area contributed by atoms with Gasteiger partial charge >= 0.3 is 0 Å². The lowest BCUT2D eigenvalue weighted by Gasteiger charge is -2.09. The minimum absolute atomic E-state index is 0.442. The van der Waals surface area contributed by atoms with E-state index in [1.54, 1.807) is 0 Å². The maximum absolute atomic E-state index is 10.2. The first-order valence-corrected chi connectivity index (χ1v) is 6.35. The molecule has 4 heteroatoms. The molecule has 1 nitrogen and oxygen atoms in total. The summed E-state index contributed by atoms with van der Waals surface area (Å²) in [6, 6.07) is 0. The maximum atomic E-state index is 10.2. The molecule has 0 N–H and O–H groups in total. The zero-order valence-electron chi connectivity index (χ0n) is 7.31.